The molecule has 6 heteroatoms. The molecule has 0 fully saturated rings. The smallest absolute Gasteiger partial charge is 0.273 e. The number of amides is 1. The van der Waals surface area contributed by atoms with E-state index in [2.05, 4.69) is 27.8 Å². The number of benzene rings is 2. The molecule has 1 amide bonds. The van der Waals surface area contributed by atoms with Gasteiger partial charge in [-0.3, -0.25) is 4.79 Å². The van der Waals surface area contributed by atoms with Crippen LogP contribution in [0.5, 0.6) is 0 Å². The summed E-state index contributed by atoms with van der Waals surface area (Å²) in [6, 6.07) is 16.1. The first-order valence-corrected chi connectivity index (χ1v) is 8.15. The van der Waals surface area contributed by atoms with Crippen LogP contribution in [0.15, 0.2) is 60.8 Å². The summed E-state index contributed by atoms with van der Waals surface area (Å²) >= 11 is 0. The van der Waals surface area contributed by atoms with E-state index in [0.29, 0.717) is 5.69 Å². The summed E-state index contributed by atoms with van der Waals surface area (Å²) in [6.07, 6.45) is 3.21. The second-order valence-corrected chi connectivity index (χ2v) is 5.93. The minimum Gasteiger partial charge on any atom is -0.348 e. The molecule has 2 aromatic carbocycles. The van der Waals surface area contributed by atoms with Crippen molar-refractivity contribution in [3.63, 3.8) is 0 Å². The van der Waals surface area contributed by atoms with Crippen LogP contribution >= 0.6 is 0 Å². The van der Waals surface area contributed by atoms with Gasteiger partial charge in [0, 0.05) is 6.04 Å². The molecule has 0 bridgehead atoms. The number of halogens is 1. The van der Waals surface area contributed by atoms with E-state index >= 15 is 0 Å². The topological polar surface area (TPSA) is 59.8 Å². The van der Waals surface area contributed by atoms with E-state index in [0.717, 1.165) is 12.8 Å². The zero-order chi connectivity index (χ0) is 17.6. The first-order chi connectivity index (χ1) is 12.1. The Kier molecular flexibility index (Phi) is 5.18. The lowest BCUT2D eigenvalue weighted by Crippen LogP contribution is -2.33. The third-order valence-corrected chi connectivity index (χ3v) is 3.89. The number of hydrogen-bond donors (Lipinski definition) is 1. The Balaban J connectivity index is 1.58. The molecule has 25 heavy (non-hydrogen) atoms. The summed E-state index contributed by atoms with van der Waals surface area (Å²) in [7, 11) is 0. The van der Waals surface area contributed by atoms with Gasteiger partial charge in [-0.15, -0.1) is 5.10 Å². The minimum absolute atomic E-state index is 0.00651. The Hall–Kier alpha value is -3.02. The second-order valence-electron chi connectivity index (χ2n) is 5.93. The maximum absolute atomic E-state index is 13.3. The molecule has 0 saturated heterocycles. The first-order valence-electron chi connectivity index (χ1n) is 8.15. The molecule has 0 spiro atoms. The van der Waals surface area contributed by atoms with Gasteiger partial charge < -0.3 is 5.32 Å². The molecule has 0 saturated carbocycles. The Morgan fingerprint density at radius 3 is 2.76 bits per heavy atom. The van der Waals surface area contributed by atoms with Crippen LogP contribution in [0.1, 0.15) is 29.4 Å². The van der Waals surface area contributed by atoms with E-state index in [1.54, 1.807) is 12.1 Å². The van der Waals surface area contributed by atoms with Crippen LogP contribution in [0.3, 0.4) is 0 Å². The molecule has 128 valence electrons. The fourth-order valence-electron chi connectivity index (χ4n) is 2.51. The molecule has 0 radical (unpaired) electrons. The molecule has 1 heterocycles. The highest BCUT2D eigenvalue weighted by atomic mass is 19.1. The molecule has 3 rings (SSSR count). The molecule has 1 atom stereocenters. The van der Waals surface area contributed by atoms with E-state index in [4.69, 9.17) is 0 Å². The van der Waals surface area contributed by atoms with Gasteiger partial charge in [0.05, 0.1) is 11.9 Å². The third kappa shape index (κ3) is 4.50. The zero-order valence-corrected chi connectivity index (χ0v) is 13.9. The van der Waals surface area contributed by atoms with Crippen molar-refractivity contribution < 1.29 is 9.18 Å². The van der Waals surface area contributed by atoms with Crippen LogP contribution in [0.25, 0.3) is 5.69 Å². The molecular weight excluding hydrogens is 319 g/mol. The molecule has 1 N–H and O–H groups in total. The average Bonchev–Trinajstić information content (AvgIpc) is 3.11. The Morgan fingerprint density at radius 2 is 2.00 bits per heavy atom. The van der Waals surface area contributed by atoms with Gasteiger partial charge >= 0.3 is 0 Å². The zero-order valence-electron chi connectivity index (χ0n) is 13.9. The van der Waals surface area contributed by atoms with Crippen molar-refractivity contribution >= 4 is 5.91 Å². The normalized spacial score (nSPS) is 11.9. The van der Waals surface area contributed by atoms with Crippen molar-refractivity contribution in [1.82, 2.24) is 20.3 Å². The maximum Gasteiger partial charge on any atom is 0.273 e. The van der Waals surface area contributed by atoms with E-state index < -0.39 is 0 Å². The van der Waals surface area contributed by atoms with Crippen molar-refractivity contribution in [2.75, 3.05) is 0 Å². The number of carbonyl (C=O) groups is 1. The Labute approximate surface area is 145 Å². The summed E-state index contributed by atoms with van der Waals surface area (Å²) < 4.78 is 14.7. The van der Waals surface area contributed by atoms with Crippen LogP contribution in [0, 0.1) is 5.82 Å². The van der Waals surface area contributed by atoms with Gasteiger partial charge in [-0.25, -0.2) is 9.07 Å². The van der Waals surface area contributed by atoms with Gasteiger partial charge in [-0.1, -0.05) is 41.6 Å². The monoisotopic (exact) mass is 338 g/mol. The maximum atomic E-state index is 13.3. The van der Waals surface area contributed by atoms with Crippen molar-refractivity contribution in [1.29, 1.82) is 0 Å². The highest BCUT2D eigenvalue weighted by Gasteiger charge is 2.14. The Morgan fingerprint density at radius 1 is 1.20 bits per heavy atom. The van der Waals surface area contributed by atoms with Crippen LogP contribution in [-0.2, 0) is 6.42 Å². The SMILES string of the molecule is CC(CCc1ccccc1)NC(=O)c1cn(-c2cccc(F)c2)nn1. The predicted octanol–water partition coefficient (Wildman–Crippen LogP) is 3.16. The molecule has 3 aromatic rings. The largest absolute Gasteiger partial charge is 0.348 e. The fraction of sp³-hybridized carbons (Fsp3) is 0.211. The van der Waals surface area contributed by atoms with E-state index in [1.807, 2.05) is 25.1 Å². The number of carbonyl (C=O) groups excluding carboxylic acids is 1. The van der Waals surface area contributed by atoms with Crippen molar-refractivity contribution in [2.45, 2.75) is 25.8 Å². The number of nitrogens with one attached hydrogen (secondary N) is 1. The lowest BCUT2D eigenvalue weighted by atomic mass is 10.1. The molecule has 0 aliphatic heterocycles. The van der Waals surface area contributed by atoms with Gasteiger partial charge in [-0.2, -0.15) is 0 Å². The van der Waals surface area contributed by atoms with E-state index in [1.165, 1.54) is 28.6 Å². The number of aromatic nitrogens is 3. The van der Waals surface area contributed by atoms with Crippen LogP contribution in [0.4, 0.5) is 4.39 Å². The predicted molar refractivity (Wildman–Crippen MR) is 93.0 cm³/mol. The summed E-state index contributed by atoms with van der Waals surface area (Å²) in [5.41, 5.74) is 1.96. The van der Waals surface area contributed by atoms with Gasteiger partial charge in [0.25, 0.3) is 5.91 Å². The average molecular weight is 338 g/mol. The molecule has 0 aliphatic rings. The quantitative estimate of drug-likeness (QED) is 0.751. The highest BCUT2D eigenvalue weighted by Crippen LogP contribution is 2.09. The number of hydrogen-bond acceptors (Lipinski definition) is 3. The van der Waals surface area contributed by atoms with Crippen molar-refractivity contribution in [2.24, 2.45) is 0 Å². The summed E-state index contributed by atoms with van der Waals surface area (Å²) in [5, 5.41) is 10.7. The molecule has 1 aromatic heterocycles. The van der Waals surface area contributed by atoms with Crippen LogP contribution in [0.2, 0.25) is 0 Å². The van der Waals surface area contributed by atoms with Crippen molar-refractivity contribution in [3.05, 3.63) is 77.9 Å². The molecule has 5 nitrogen and oxygen atoms in total. The van der Waals surface area contributed by atoms with Gasteiger partial charge in [-0.05, 0) is 43.5 Å². The van der Waals surface area contributed by atoms with Gasteiger partial charge in [0.2, 0.25) is 0 Å². The second kappa shape index (κ2) is 7.70. The molecule has 0 aliphatic carbocycles. The third-order valence-electron chi connectivity index (χ3n) is 3.89. The van der Waals surface area contributed by atoms with E-state index in [-0.39, 0.29) is 23.5 Å². The van der Waals surface area contributed by atoms with E-state index in [9.17, 15) is 9.18 Å². The minimum atomic E-state index is -0.367. The molecular formula is C19H19FN4O. The Bertz CT molecular complexity index is 847. The van der Waals surface area contributed by atoms with Gasteiger partial charge in [0.15, 0.2) is 5.69 Å². The van der Waals surface area contributed by atoms with Crippen LogP contribution in [-0.4, -0.2) is 26.9 Å². The summed E-state index contributed by atoms with van der Waals surface area (Å²) in [6.45, 7) is 1.96. The number of nitrogens with zero attached hydrogens (tertiary/aromatic N) is 3. The summed E-state index contributed by atoms with van der Waals surface area (Å²) in [5.74, 6) is -0.656. The number of aryl methyl sites for hydroxylation is 1. The fourth-order valence-corrected chi connectivity index (χ4v) is 2.51. The lowest BCUT2D eigenvalue weighted by Gasteiger charge is -2.12. The standard InChI is InChI=1S/C19H19FN4O/c1-14(10-11-15-6-3-2-4-7-15)21-19(25)18-13-24(23-22-18)17-9-5-8-16(20)12-17/h2-9,12-14H,10-11H2,1H3,(H,21,25). The summed E-state index contributed by atoms with van der Waals surface area (Å²) in [4.78, 5) is 12.3. The van der Waals surface area contributed by atoms with Crippen LogP contribution < -0.4 is 5.32 Å². The highest BCUT2D eigenvalue weighted by molar-refractivity contribution is 5.92. The molecule has 1 unspecified atom stereocenters. The van der Waals surface area contributed by atoms with Crippen molar-refractivity contribution in [3.8, 4) is 5.69 Å². The first kappa shape index (κ1) is 16.8. The lowest BCUT2D eigenvalue weighted by molar-refractivity contribution is 0.0933. The van der Waals surface area contributed by atoms with Gasteiger partial charge in [0.1, 0.15) is 5.82 Å². The number of rotatable bonds is 6.